The number of aryl methyl sites for hydroxylation is 1. The molecule has 21 heavy (non-hydrogen) atoms. The van der Waals surface area contributed by atoms with E-state index in [0.29, 0.717) is 0 Å². The van der Waals surface area contributed by atoms with Gasteiger partial charge in [0.25, 0.3) is 0 Å². The Labute approximate surface area is 126 Å². The van der Waals surface area contributed by atoms with Gasteiger partial charge in [0, 0.05) is 25.0 Å². The number of likely N-dealkylation sites (tertiary alicyclic amines) is 1. The third-order valence-electron chi connectivity index (χ3n) is 4.11. The van der Waals surface area contributed by atoms with Crippen LogP contribution in [0.15, 0.2) is 36.5 Å². The van der Waals surface area contributed by atoms with Crippen molar-refractivity contribution >= 4 is 5.69 Å². The molecule has 4 nitrogen and oxygen atoms in total. The van der Waals surface area contributed by atoms with Crippen LogP contribution in [0, 0.1) is 0 Å². The molecule has 0 unspecified atom stereocenters. The molecule has 0 saturated carbocycles. The second-order valence-corrected chi connectivity index (χ2v) is 5.68. The van der Waals surface area contributed by atoms with Crippen LogP contribution in [0.1, 0.15) is 31.0 Å². The first-order valence-corrected chi connectivity index (χ1v) is 7.91. The van der Waals surface area contributed by atoms with Gasteiger partial charge < -0.3 is 5.32 Å². The van der Waals surface area contributed by atoms with Gasteiger partial charge in [-0.1, -0.05) is 12.1 Å². The zero-order valence-electron chi connectivity index (χ0n) is 12.8. The van der Waals surface area contributed by atoms with Crippen LogP contribution >= 0.6 is 0 Å². The summed E-state index contributed by atoms with van der Waals surface area (Å²) in [5, 5.41) is 7.81. The Morgan fingerprint density at radius 3 is 2.86 bits per heavy atom. The van der Waals surface area contributed by atoms with Crippen molar-refractivity contribution in [2.75, 3.05) is 18.4 Å². The summed E-state index contributed by atoms with van der Waals surface area (Å²) >= 11 is 0. The maximum atomic E-state index is 4.30. The lowest BCUT2D eigenvalue weighted by Crippen LogP contribution is -2.18. The van der Waals surface area contributed by atoms with Gasteiger partial charge in [-0.15, -0.1) is 0 Å². The molecular weight excluding hydrogens is 260 g/mol. The number of rotatable bonds is 6. The van der Waals surface area contributed by atoms with E-state index in [1.165, 1.54) is 42.9 Å². The molecule has 2 aromatic rings. The fourth-order valence-electron chi connectivity index (χ4n) is 2.97. The summed E-state index contributed by atoms with van der Waals surface area (Å²) in [6.45, 7) is 7.41. The lowest BCUT2D eigenvalue weighted by molar-refractivity contribution is 0.331. The molecule has 0 aliphatic carbocycles. The molecule has 1 aliphatic rings. The van der Waals surface area contributed by atoms with Crippen LogP contribution in [-0.2, 0) is 19.6 Å². The van der Waals surface area contributed by atoms with E-state index in [9.17, 15) is 0 Å². The summed E-state index contributed by atoms with van der Waals surface area (Å²) in [4.78, 5) is 2.53. The maximum absolute atomic E-state index is 4.30. The Kier molecular flexibility index (Phi) is 4.55. The first-order chi connectivity index (χ1) is 10.3. The molecular formula is C17H24N4. The topological polar surface area (TPSA) is 33.1 Å². The highest BCUT2D eigenvalue weighted by Gasteiger charge is 2.11. The van der Waals surface area contributed by atoms with Crippen LogP contribution in [0.4, 0.5) is 5.69 Å². The number of nitrogens with zero attached hydrogens (tertiary/aromatic N) is 3. The minimum atomic E-state index is 0.820. The molecule has 1 aliphatic heterocycles. The van der Waals surface area contributed by atoms with Gasteiger partial charge in [0.15, 0.2) is 0 Å². The van der Waals surface area contributed by atoms with Crippen LogP contribution in [0.2, 0.25) is 0 Å². The lowest BCUT2D eigenvalue weighted by atomic mass is 10.2. The minimum Gasteiger partial charge on any atom is -0.379 e. The predicted octanol–water partition coefficient (Wildman–Crippen LogP) is 3.11. The zero-order valence-corrected chi connectivity index (χ0v) is 12.8. The van der Waals surface area contributed by atoms with E-state index < -0.39 is 0 Å². The number of aromatic nitrogens is 2. The van der Waals surface area contributed by atoms with Crippen LogP contribution in [0.25, 0.3) is 0 Å². The van der Waals surface area contributed by atoms with Gasteiger partial charge in [-0.05, 0) is 56.6 Å². The van der Waals surface area contributed by atoms with E-state index in [1.807, 2.05) is 10.9 Å². The quantitative estimate of drug-likeness (QED) is 0.885. The Bertz CT molecular complexity index is 570. The second-order valence-electron chi connectivity index (χ2n) is 5.68. The summed E-state index contributed by atoms with van der Waals surface area (Å²) < 4.78 is 2.03. The summed E-state index contributed by atoms with van der Waals surface area (Å²) in [6, 6.07) is 10.8. The molecule has 0 amide bonds. The van der Waals surface area contributed by atoms with Gasteiger partial charge in [-0.3, -0.25) is 9.58 Å². The minimum absolute atomic E-state index is 0.820. The maximum Gasteiger partial charge on any atom is 0.0575 e. The molecule has 112 valence electrons. The normalized spacial score (nSPS) is 15.5. The Balaban J connectivity index is 1.60. The number of anilines is 1. The van der Waals surface area contributed by atoms with Gasteiger partial charge in [0.05, 0.1) is 12.2 Å². The van der Waals surface area contributed by atoms with Crippen LogP contribution in [0.3, 0.4) is 0 Å². The van der Waals surface area contributed by atoms with Crippen molar-refractivity contribution in [2.45, 2.75) is 39.4 Å². The summed E-state index contributed by atoms with van der Waals surface area (Å²) in [5.74, 6) is 0. The SMILES string of the molecule is CCn1nccc1CNc1cccc(CN2CCCC2)c1. The van der Waals surface area contributed by atoms with Crippen LogP contribution in [-0.4, -0.2) is 27.8 Å². The van der Waals surface area contributed by atoms with Crippen molar-refractivity contribution in [3.05, 3.63) is 47.8 Å². The van der Waals surface area contributed by atoms with E-state index in [1.54, 1.807) is 0 Å². The molecule has 1 aromatic carbocycles. The van der Waals surface area contributed by atoms with E-state index in [2.05, 4.69) is 52.6 Å². The third kappa shape index (κ3) is 3.64. The van der Waals surface area contributed by atoms with E-state index >= 15 is 0 Å². The predicted molar refractivity (Wildman–Crippen MR) is 86.2 cm³/mol. The van der Waals surface area contributed by atoms with Crippen molar-refractivity contribution in [1.82, 2.24) is 14.7 Å². The zero-order chi connectivity index (χ0) is 14.5. The molecule has 0 bridgehead atoms. The Morgan fingerprint density at radius 2 is 2.05 bits per heavy atom. The third-order valence-corrected chi connectivity index (χ3v) is 4.11. The molecule has 1 N–H and O–H groups in total. The highest BCUT2D eigenvalue weighted by molar-refractivity contribution is 5.46. The standard InChI is InChI=1S/C17H24N4/c1-2-21-17(8-9-19-21)13-18-16-7-5-6-15(12-16)14-20-10-3-4-11-20/h5-9,12,18H,2-4,10-11,13-14H2,1H3. The monoisotopic (exact) mass is 284 g/mol. The smallest absolute Gasteiger partial charge is 0.0575 e. The highest BCUT2D eigenvalue weighted by atomic mass is 15.3. The molecule has 3 rings (SSSR count). The molecule has 0 spiro atoms. The summed E-state index contributed by atoms with van der Waals surface area (Å²) in [5.41, 5.74) is 3.81. The molecule has 4 heteroatoms. The van der Waals surface area contributed by atoms with Gasteiger partial charge in [0.2, 0.25) is 0 Å². The first-order valence-electron chi connectivity index (χ1n) is 7.91. The molecule has 1 aromatic heterocycles. The summed E-state index contributed by atoms with van der Waals surface area (Å²) in [6.07, 6.45) is 4.56. The second kappa shape index (κ2) is 6.76. The van der Waals surface area contributed by atoms with E-state index in [-0.39, 0.29) is 0 Å². The van der Waals surface area contributed by atoms with Crippen molar-refractivity contribution in [3.63, 3.8) is 0 Å². The average molecular weight is 284 g/mol. The average Bonchev–Trinajstić information content (AvgIpc) is 3.16. The van der Waals surface area contributed by atoms with Gasteiger partial charge >= 0.3 is 0 Å². The van der Waals surface area contributed by atoms with E-state index in [4.69, 9.17) is 0 Å². The van der Waals surface area contributed by atoms with Crippen LogP contribution in [0.5, 0.6) is 0 Å². The van der Waals surface area contributed by atoms with Crippen molar-refractivity contribution < 1.29 is 0 Å². The van der Waals surface area contributed by atoms with Crippen molar-refractivity contribution in [1.29, 1.82) is 0 Å². The molecule has 0 atom stereocenters. The molecule has 1 fully saturated rings. The fourth-order valence-corrected chi connectivity index (χ4v) is 2.97. The largest absolute Gasteiger partial charge is 0.379 e. The van der Waals surface area contributed by atoms with Gasteiger partial charge in [-0.25, -0.2) is 0 Å². The highest BCUT2D eigenvalue weighted by Crippen LogP contribution is 2.16. The van der Waals surface area contributed by atoms with Gasteiger partial charge in [0.1, 0.15) is 0 Å². The first kappa shape index (κ1) is 14.1. The Morgan fingerprint density at radius 1 is 1.19 bits per heavy atom. The van der Waals surface area contributed by atoms with Gasteiger partial charge in [-0.2, -0.15) is 5.10 Å². The lowest BCUT2D eigenvalue weighted by Gasteiger charge is -2.15. The molecule has 0 radical (unpaired) electrons. The molecule has 1 saturated heterocycles. The number of nitrogens with one attached hydrogen (secondary N) is 1. The van der Waals surface area contributed by atoms with Crippen molar-refractivity contribution in [2.24, 2.45) is 0 Å². The summed E-state index contributed by atoms with van der Waals surface area (Å²) in [7, 11) is 0. The number of benzene rings is 1. The number of hydrogen-bond acceptors (Lipinski definition) is 3. The molecule has 2 heterocycles. The Hall–Kier alpha value is -1.81. The van der Waals surface area contributed by atoms with E-state index in [0.717, 1.165) is 19.6 Å². The van der Waals surface area contributed by atoms with Crippen molar-refractivity contribution in [3.8, 4) is 0 Å². The number of hydrogen-bond donors (Lipinski definition) is 1. The van der Waals surface area contributed by atoms with Crippen LogP contribution < -0.4 is 5.32 Å². The fraction of sp³-hybridized carbons (Fsp3) is 0.471.